The molecule has 0 bridgehead atoms. The first-order valence-electron chi connectivity index (χ1n) is 5.83. The zero-order valence-corrected chi connectivity index (χ0v) is 10.6. The number of halogens is 1. The van der Waals surface area contributed by atoms with E-state index >= 15 is 0 Å². The molecule has 16 heavy (non-hydrogen) atoms. The van der Waals surface area contributed by atoms with Crippen molar-refractivity contribution < 1.29 is 4.74 Å². The van der Waals surface area contributed by atoms with Crippen LogP contribution >= 0.6 is 11.6 Å². The normalized spacial score (nSPS) is 23.9. The topological polar surface area (TPSA) is 21.3 Å². The van der Waals surface area contributed by atoms with Gasteiger partial charge in [-0.2, -0.15) is 0 Å². The van der Waals surface area contributed by atoms with E-state index < -0.39 is 0 Å². The third-order valence-corrected chi connectivity index (χ3v) is 3.45. The minimum absolute atomic E-state index is 0.448. The van der Waals surface area contributed by atoms with Gasteiger partial charge in [0.2, 0.25) is 0 Å². The van der Waals surface area contributed by atoms with Gasteiger partial charge >= 0.3 is 0 Å². The van der Waals surface area contributed by atoms with Crippen LogP contribution in [0, 0.1) is 6.92 Å². The van der Waals surface area contributed by atoms with Gasteiger partial charge in [0, 0.05) is 23.4 Å². The average molecular weight is 240 g/mol. The van der Waals surface area contributed by atoms with Crippen molar-refractivity contribution in [2.75, 3.05) is 11.9 Å². The first kappa shape index (κ1) is 11.7. The molecule has 0 saturated heterocycles. The van der Waals surface area contributed by atoms with E-state index in [1.54, 1.807) is 0 Å². The van der Waals surface area contributed by atoms with Gasteiger partial charge in [-0.05, 0) is 44.4 Å². The molecule has 0 aromatic heterocycles. The summed E-state index contributed by atoms with van der Waals surface area (Å²) in [6, 6.07) is 6.65. The molecule has 0 amide bonds. The van der Waals surface area contributed by atoms with Gasteiger partial charge in [0.1, 0.15) is 0 Å². The Morgan fingerprint density at radius 1 is 1.44 bits per heavy atom. The van der Waals surface area contributed by atoms with Gasteiger partial charge in [-0.1, -0.05) is 17.7 Å². The Hall–Kier alpha value is -0.730. The highest BCUT2D eigenvalue weighted by molar-refractivity contribution is 6.31. The zero-order chi connectivity index (χ0) is 11.5. The fourth-order valence-corrected chi connectivity index (χ4v) is 2.15. The van der Waals surface area contributed by atoms with Crippen molar-refractivity contribution in [2.45, 2.75) is 38.8 Å². The summed E-state index contributed by atoms with van der Waals surface area (Å²) in [5, 5.41) is 4.30. The molecule has 0 spiro atoms. The maximum Gasteiger partial charge on any atom is 0.0614 e. The van der Waals surface area contributed by atoms with E-state index in [1.165, 1.54) is 0 Å². The molecule has 2 rings (SSSR count). The van der Waals surface area contributed by atoms with Crippen molar-refractivity contribution in [3.05, 3.63) is 28.8 Å². The van der Waals surface area contributed by atoms with Gasteiger partial charge in [-0.3, -0.25) is 0 Å². The summed E-state index contributed by atoms with van der Waals surface area (Å²) in [6.45, 7) is 4.87. The summed E-state index contributed by atoms with van der Waals surface area (Å²) >= 11 is 6.07. The standard InChI is InChI=1S/C13H18ClNO/c1-3-16-12-6-11(7-12)15-10-5-4-9(2)13(14)8-10/h4-5,8,11-12,15H,3,6-7H2,1-2H3. The summed E-state index contributed by atoms with van der Waals surface area (Å²) in [4.78, 5) is 0. The van der Waals surface area contributed by atoms with Gasteiger partial charge in [0.05, 0.1) is 6.10 Å². The quantitative estimate of drug-likeness (QED) is 0.867. The molecule has 88 valence electrons. The lowest BCUT2D eigenvalue weighted by Gasteiger charge is -2.36. The van der Waals surface area contributed by atoms with Crippen LogP contribution in [0.1, 0.15) is 25.3 Å². The predicted molar refractivity (Wildman–Crippen MR) is 68.2 cm³/mol. The maximum atomic E-state index is 6.07. The monoisotopic (exact) mass is 239 g/mol. The lowest BCUT2D eigenvalue weighted by molar-refractivity contribution is 0.00299. The summed E-state index contributed by atoms with van der Waals surface area (Å²) < 4.78 is 5.52. The Kier molecular flexibility index (Phi) is 3.72. The van der Waals surface area contributed by atoms with E-state index in [4.69, 9.17) is 16.3 Å². The van der Waals surface area contributed by atoms with Crippen molar-refractivity contribution in [3.63, 3.8) is 0 Å². The Balaban J connectivity index is 1.84. The predicted octanol–water partition coefficient (Wildman–Crippen LogP) is 3.63. The molecule has 1 N–H and O–H groups in total. The van der Waals surface area contributed by atoms with Crippen molar-refractivity contribution >= 4 is 17.3 Å². The van der Waals surface area contributed by atoms with E-state index in [9.17, 15) is 0 Å². The lowest BCUT2D eigenvalue weighted by atomic mass is 9.89. The number of aryl methyl sites for hydroxylation is 1. The average Bonchev–Trinajstić information content (AvgIpc) is 2.20. The third kappa shape index (κ3) is 2.69. The maximum absolute atomic E-state index is 6.07. The van der Waals surface area contributed by atoms with Crippen molar-refractivity contribution in [1.29, 1.82) is 0 Å². The van der Waals surface area contributed by atoms with Gasteiger partial charge in [0.15, 0.2) is 0 Å². The molecule has 1 aliphatic rings. The summed E-state index contributed by atoms with van der Waals surface area (Å²) in [6.07, 6.45) is 2.64. The number of rotatable bonds is 4. The largest absolute Gasteiger partial charge is 0.382 e. The number of anilines is 1. The fraction of sp³-hybridized carbons (Fsp3) is 0.538. The summed E-state index contributed by atoms with van der Waals surface area (Å²) in [7, 11) is 0. The summed E-state index contributed by atoms with van der Waals surface area (Å²) in [5.41, 5.74) is 2.23. The van der Waals surface area contributed by atoms with Crippen LogP contribution in [0.5, 0.6) is 0 Å². The minimum atomic E-state index is 0.448. The Bertz CT molecular complexity index is 361. The minimum Gasteiger partial charge on any atom is -0.382 e. The van der Waals surface area contributed by atoms with E-state index in [0.717, 1.165) is 35.7 Å². The molecule has 1 saturated carbocycles. The van der Waals surface area contributed by atoms with Gasteiger partial charge in [0.25, 0.3) is 0 Å². The van der Waals surface area contributed by atoms with Crippen molar-refractivity contribution in [2.24, 2.45) is 0 Å². The van der Waals surface area contributed by atoms with Gasteiger partial charge in [-0.25, -0.2) is 0 Å². The van der Waals surface area contributed by atoms with E-state index in [-0.39, 0.29) is 0 Å². The molecule has 0 unspecified atom stereocenters. The summed E-state index contributed by atoms with van der Waals surface area (Å²) in [5.74, 6) is 0. The molecular formula is C13H18ClNO. The van der Waals surface area contributed by atoms with Crippen LogP contribution < -0.4 is 5.32 Å². The molecule has 1 fully saturated rings. The zero-order valence-electron chi connectivity index (χ0n) is 9.79. The molecule has 1 aliphatic carbocycles. The van der Waals surface area contributed by atoms with Crippen LogP contribution in [0.3, 0.4) is 0 Å². The van der Waals surface area contributed by atoms with Crippen molar-refractivity contribution in [3.8, 4) is 0 Å². The Morgan fingerprint density at radius 2 is 2.19 bits per heavy atom. The molecular weight excluding hydrogens is 222 g/mol. The third-order valence-electron chi connectivity index (χ3n) is 3.04. The molecule has 3 heteroatoms. The molecule has 0 aliphatic heterocycles. The van der Waals surface area contributed by atoms with Gasteiger partial charge < -0.3 is 10.1 Å². The van der Waals surface area contributed by atoms with Crippen molar-refractivity contribution in [1.82, 2.24) is 0 Å². The lowest BCUT2D eigenvalue weighted by Crippen LogP contribution is -2.40. The highest BCUT2D eigenvalue weighted by Gasteiger charge is 2.29. The molecule has 2 nitrogen and oxygen atoms in total. The Morgan fingerprint density at radius 3 is 2.81 bits per heavy atom. The first-order valence-corrected chi connectivity index (χ1v) is 6.21. The second-order valence-electron chi connectivity index (χ2n) is 4.35. The first-order chi connectivity index (χ1) is 7.69. The molecule has 0 atom stereocenters. The molecule has 1 aromatic rings. The number of ether oxygens (including phenoxy) is 1. The number of benzene rings is 1. The second kappa shape index (κ2) is 5.07. The smallest absolute Gasteiger partial charge is 0.0614 e. The number of nitrogens with one attached hydrogen (secondary N) is 1. The van der Waals surface area contributed by atoms with E-state index in [0.29, 0.717) is 12.1 Å². The fourth-order valence-electron chi connectivity index (χ4n) is 1.97. The van der Waals surface area contributed by atoms with E-state index in [1.807, 2.05) is 26.0 Å². The van der Waals surface area contributed by atoms with Gasteiger partial charge in [-0.15, -0.1) is 0 Å². The number of hydrogen-bond donors (Lipinski definition) is 1. The van der Waals surface area contributed by atoms with E-state index in [2.05, 4.69) is 11.4 Å². The number of hydrogen-bond acceptors (Lipinski definition) is 2. The van der Waals surface area contributed by atoms with Crippen LogP contribution in [-0.2, 0) is 4.74 Å². The highest BCUT2D eigenvalue weighted by atomic mass is 35.5. The van der Waals surface area contributed by atoms with Crippen LogP contribution in [-0.4, -0.2) is 18.8 Å². The SMILES string of the molecule is CCOC1CC(Nc2ccc(C)c(Cl)c2)C1. The second-order valence-corrected chi connectivity index (χ2v) is 4.76. The van der Waals surface area contributed by atoms with Crippen LogP contribution in [0.2, 0.25) is 5.02 Å². The molecule has 0 heterocycles. The van der Waals surface area contributed by atoms with Crippen LogP contribution in [0.4, 0.5) is 5.69 Å². The van der Waals surface area contributed by atoms with Crippen LogP contribution in [0.15, 0.2) is 18.2 Å². The highest BCUT2D eigenvalue weighted by Crippen LogP contribution is 2.28. The van der Waals surface area contributed by atoms with Crippen LogP contribution in [0.25, 0.3) is 0 Å². The Labute approximate surface area is 102 Å². The molecule has 0 radical (unpaired) electrons. The molecule has 1 aromatic carbocycles.